The van der Waals surface area contributed by atoms with Crippen LogP contribution in [0.15, 0.2) is 79.1 Å². The molecule has 2 aromatic heterocycles. The molecule has 9 nitrogen and oxygen atoms in total. The number of fused-ring (bicyclic) bond motifs is 1. The van der Waals surface area contributed by atoms with E-state index >= 15 is 0 Å². The molecular weight excluding hydrogens is 552 g/mol. The second-order valence-electron chi connectivity index (χ2n) is 12.1. The van der Waals surface area contributed by atoms with Crippen molar-refractivity contribution in [3.05, 3.63) is 107 Å². The van der Waals surface area contributed by atoms with Crippen molar-refractivity contribution in [2.24, 2.45) is 0 Å². The average Bonchev–Trinajstić information content (AvgIpc) is 3.51. The number of hydrogen-bond donors (Lipinski definition) is 1. The van der Waals surface area contributed by atoms with Gasteiger partial charge in [0.25, 0.3) is 5.91 Å². The standard InChI is InChI=1S/C35H36N6O3/c1-23-26(22-30(42)24-8-12-27(13-9-24)35(2,3)4)6-5-7-29(23)31-38-32(33-36-16-17-41(33)39-31)37-28-14-10-25(11-15-28)34(43)40-18-20-44-21-19-40/h5-17H,18-22H2,1-4H3,(H,37,38,39). The Hall–Kier alpha value is -4.89. The summed E-state index contributed by atoms with van der Waals surface area (Å²) in [6, 6.07) is 21.1. The van der Waals surface area contributed by atoms with Crippen molar-refractivity contribution in [2.75, 3.05) is 31.6 Å². The molecule has 224 valence electrons. The van der Waals surface area contributed by atoms with Crippen LogP contribution in [0, 0.1) is 6.92 Å². The molecule has 1 aliphatic heterocycles. The van der Waals surface area contributed by atoms with E-state index in [2.05, 4.69) is 31.1 Å². The number of Topliss-reactive ketones (excluding diaryl/α,β-unsaturated/α-hetero) is 1. The van der Waals surface area contributed by atoms with Crippen LogP contribution in [-0.4, -0.2) is 62.5 Å². The quantitative estimate of drug-likeness (QED) is 0.231. The van der Waals surface area contributed by atoms with Crippen LogP contribution in [0.1, 0.15) is 58.2 Å². The van der Waals surface area contributed by atoms with Crippen LogP contribution in [0.5, 0.6) is 0 Å². The van der Waals surface area contributed by atoms with Gasteiger partial charge in [-0.25, -0.2) is 14.5 Å². The number of carbonyl (C=O) groups excluding carboxylic acids is 2. The highest BCUT2D eigenvalue weighted by Gasteiger charge is 2.20. The van der Waals surface area contributed by atoms with Crippen LogP contribution in [-0.2, 0) is 16.6 Å². The van der Waals surface area contributed by atoms with E-state index in [0.29, 0.717) is 54.7 Å². The predicted octanol–water partition coefficient (Wildman–Crippen LogP) is 6.04. The number of anilines is 2. The van der Waals surface area contributed by atoms with E-state index in [0.717, 1.165) is 22.4 Å². The number of amides is 1. The maximum absolute atomic E-state index is 13.2. The molecule has 0 radical (unpaired) electrons. The molecule has 1 N–H and O–H groups in total. The minimum Gasteiger partial charge on any atom is -0.378 e. The van der Waals surface area contributed by atoms with Crippen LogP contribution in [0.3, 0.4) is 0 Å². The number of nitrogens with one attached hydrogen (secondary N) is 1. The maximum atomic E-state index is 13.2. The second-order valence-corrected chi connectivity index (χ2v) is 12.1. The van der Waals surface area contributed by atoms with Crippen molar-refractivity contribution in [3.8, 4) is 11.4 Å². The topological polar surface area (TPSA) is 102 Å². The summed E-state index contributed by atoms with van der Waals surface area (Å²) in [6.07, 6.45) is 3.73. The van der Waals surface area contributed by atoms with Crippen LogP contribution in [0.4, 0.5) is 11.5 Å². The Balaban J connectivity index is 1.24. The van der Waals surface area contributed by atoms with Gasteiger partial charge in [-0.3, -0.25) is 9.59 Å². The molecule has 1 fully saturated rings. The summed E-state index contributed by atoms with van der Waals surface area (Å²) in [7, 11) is 0. The van der Waals surface area contributed by atoms with Gasteiger partial charge in [0.1, 0.15) is 0 Å². The highest BCUT2D eigenvalue weighted by molar-refractivity contribution is 5.98. The van der Waals surface area contributed by atoms with E-state index in [-0.39, 0.29) is 23.5 Å². The van der Waals surface area contributed by atoms with Gasteiger partial charge in [0.05, 0.1) is 13.2 Å². The molecule has 1 saturated heterocycles. The lowest BCUT2D eigenvalue weighted by Gasteiger charge is -2.26. The summed E-state index contributed by atoms with van der Waals surface area (Å²) in [5, 5.41) is 8.08. The largest absolute Gasteiger partial charge is 0.378 e. The number of carbonyl (C=O) groups is 2. The number of morpholine rings is 1. The van der Waals surface area contributed by atoms with Crippen molar-refractivity contribution in [1.82, 2.24) is 24.5 Å². The van der Waals surface area contributed by atoms with E-state index in [1.54, 1.807) is 16.9 Å². The van der Waals surface area contributed by atoms with Crippen molar-refractivity contribution in [2.45, 2.75) is 39.5 Å². The number of nitrogens with zero attached hydrogens (tertiary/aromatic N) is 5. The molecular formula is C35H36N6O3. The van der Waals surface area contributed by atoms with E-state index in [1.165, 1.54) is 5.56 Å². The molecule has 0 aliphatic carbocycles. The Labute approximate surface area is 256 Å². The lowest BCUT2D eigenvalue weighted by Crippen LogP contribution is -2.40. The zero-order valence-electron chi connectivity index (χ0n) is 25.5. The molecule has 5 aromatic rings. The Morgan fingerprint density at radius 1 is 0.932 bits per heavy atom. The third-order valence-corrected chi connectivity index (χ3v) is 8.06. The minimum absolute atomic E-state index is 0.00409. The second kappa shape index (κ2) is 12.0. The molecule has 6 rings (SSSR count). The van der Waals surface area contributed by atoms with E-state index in [1.807, 2.05) is 78.6 Å². The fraction of sp³-hybridized carbons (Fsp3) is 0.286. The highest BCUT2D eigenvalue weighted by atomic mass is 16.5. The molecule has 0 atom stereocenters. The van der Waals surface area contributed by atoms with Crippen molar-refractivity contribution in [3.63, 3.8) is 0 Å². The molecule has 0 bridgehead atoms. The van der Waals surface area contributed by atoms with E-state index < -0.39 is 0 Å². The van der Waals surface area contributed by atoms with Crippen molar-refractivity contribution in [1.29, 1.82) is 0 Å². The summed E-state index contributed by atoms with van der Waals surface area (Å²) in [5.41, 5.74) is 6.60. The van der Waals surface area contributed by atoms with Crippen LogP contribution in [0.2, 0.25) is 0 Å². The van der Waals surface area contributed by atoms with Gasteiger partial charge in [0.2, 0.25) is 0 Å². The third kappa shape index (κ3) is 6.09. The number of aromatic nitrogens is 4. The molecule has 0 saturated carbocycles. The summed E-state index contributed by atoms with van der Waals surface area (Å²) in [5.74, 6) is 1.11. The number of ketones is 1. The first-order chi connectivity index (χ1) is 21.2. The van der Waals surface area contributed by atoms with Gasteiger partial charge >= 0.3 is 0 Å². The fourth-order valence-electron chi connectivity index (χ4n) is 5.36. The highest BCUT2D eigenvalue weighted by Crippen LogP contribution is 2.28. The Bertz CT molecular complexity index is 1810. The van der Waals surface area contributed by atoms with Crippen LogP contribution >= 0.6 is 0 Å². The van der Waals surface area contributed by atoms with Crippen molar-refractivity contribution < 1.29 is 14.3 Å². The molecule has 44 heavy (non-hydrogen) atoms. The zero-order chi connectivity index (χ0) is 30.8. The lowest BCUT2D eigenvalue weighted by atomic mass is 9.86. The normalized spacial score (nSPS) is 13.7. The molecule has 3 aromatic carbocycles. The molecule has 9 heteroatoms. The average molecular weight is 589 g/mol. The number of rotatable bonds is 7. The number of ether oxygens (including phenoxy) is 1. The van der Waals surface area contributed by atoms with Gasteiger partial charge in [0.15, 0.2) is 23.1 Å². The Morgan fingerprint density at radius 2 is 1.64 bits per heavy atom. The number of benzene rings is 3. The minimum atomic E-state index is -0.00409. The fourth-order valence-corrected chi connectivity index (χ4v) is 5.36. The van der Waals surface area contributed by atoms with Gasteiger partial charge in [-0.05, 0) is 53.3 Å². The number of imidazole rings is 1. The summed E-state index contributed by atoms with van der Waals surface area (Å²) in [4.78, 5) is 37.2. The van der Waals surface area contributed by atoms with Crippen LogP contribution < -0.4 is 5.32 Å². The molecule has 0 spiro atoms. The van der Waals surface area contributed by atoms with Gasteiger partial charge in [-0.2, -0.15) is 0 Å². The Kier molecular flexibility index (Phi) is 7.97. The SMILES string of the molecule is Cc1c(CC(=O)c2ccc(C(C)(C)C)cc2)cccc1-c1nc(Nc2ccc(C(=O)N3CCOCC3)cc2)c2nccn2n1. The zero-order valence-corrected chi connectivity index (χ0v) is 25.5. The summed E-state index contributed by atoms with van der Waals surface area (Å²) >= 11 is 0. The predicted molar refractivity (Wildman–Crippen MR) is 171 cm³/mol. The maximum Gasteiger partial charge on any atom is 0.254 e. The lowest BCUT2D eigenvalue weighted by molar-refractivity contribution is 0.0303. The van der Waals surface area contributed by atoms with E-state index in [9.17, 15) is 9.59 Å². The first kappa shape index (κ1) is 29.2. The molecule has 3 heterocycles. The summed E-state index contributed by atoms with van der Waals surface area (Å²) in [6.45, 7) is 10.8. The van der Waals surface area contributed by atoms with Crippen LogP contribution in [0.25, 0.3) is 17.0 Å². The summed E-state index contributed by atoms with van der Waals surface area (Å²) < 4.78 is 7.05. The van der Waals surface area contributed by atoms with Gasteiger partial charge in [-0.1, -0.05) is 63.2 Å². The Morgan fingerprint density at radius 3 is 2.34 bits per heavy atom. The third-order valence-electron chi connectivity index (χ3n) is 8.06. The van der Waals surface area contributed by atoms with Gasteiger partial charge < -0.3 is 15.0 Å². The molecule has 1 aliphatic rings. The van der Waals surface area contributed by atoms with Gasteiger partial charge in [-0.15, -0.1) is 5.10 Å². The monoisotopic (exact) mass is 588 g/mol. The first-order valence-corrected chi connectivity index (χ1v) is 14.9. The van der Waals surface area contributed by atoms with E-state index in [4.69, 9.17) is 14.8 Å². The first-order valence-electron chi connectivity index (χ1n) is 14.9. The van der Waals surface area contributed by atoms with Crippen molar-refractivity contribution >= 4 is 28.8 Å². The molecule has 1 amide bonds. The molecule has 0 unspecified atom stereocenters. The smallest absolute Gasteiger partial charge is 0.254 e. The number of hydrogen-bond acceptors (Lipinski definition) is 7. The van der Waals surface area contributed by atoms with Gasteiger partial charge in [0, 0.05) is 54.3 Å².